The topological polar surface area (TPSA) is 131 Å². The summed E-state index contributed by atoms with van der Waals surface area (Å²) in [5.41, 5.74) is 6.57. The summed E-state index contributed by atoms with van der Waals surface area (Å²) in [5, 5.41) is 0. The molecule has 1 aromatic heterocycles. The number of nitrogens with two attached hydrogens (primary N) is 1. The van der Waals surface area contributed by atoms with Gasteiger partial charge >= 0.3 is 10.2 Å². The van der Waals surface area contributed by atoms with Crippen molar-refractivity contribution in [2.75, 3.05) is 35.4 Å². The van der Waals surface area contributed by atoms with Crippen LogP contribution in [-0.4, -0.2) is 63.0 Å². The predicted molar refractivity (Wildman–Crippen MR) is 109 cm³/mol. The maximum absolute atomic E-state index is 13.3. The van der Waals surface area contributed by atoms with E-state index in [2.05, 4.69) is 4.98 Å². The molecule has 0 spiro atoms. The van der Waals surface area contributed by atoms with Crippen LogP contribution in [0.15, 0.2) is 48.7 Å². The van der Waals surface area contributed by atoms with Crippen LogP contribution < -0.4 is 10.0 Å². The molecule has 3 rings (SSSR count). The number of hydrogen-bond donors (Lipinski definition) is 1. The zero-order valence-corrected chi connectivity index (χ0v) is 17.3. The van der Waals surface area contributed by atoms with Crippen molar-refractivity contribution in [1.29, 1.82) is 0 Å². The number of carbonyl (C=O) groups is 1. The van der Waals surface area contributed by atoms with E-state index in [0.717, 1.165) is 0 Å². The number of ketones is 1. The highest BCUT2D eigenvalue weighted by Crippen LogP contribution is 2.24. The number of nitrogens with zero attached hydrogens (tertiary/aromatic N) is 3. The van der Waals surface area contributed by atoms with Crippen molar-refractivity contribution in [2.24, 2.45) is 5.73 Å². The SMILES string of the molecule is NCC(=O)c1ccc(CN(c2ccccc2)S(=O)(=O)N2CCS(=O)(=O)CC2)nc1. The zero-order valence-electron chi connectivity index (χ0n) is 15.6. The largest absolute Gasteiger partial charge is 0.324 e. The van der Waals surface area contributed by atoms with Gasteiger partial charge in [0.25, 0.3) is 0 Å². The molecule has 0 amide bonds. The van der Waals surface area contributed by atoms with Gasteiger partial charge in [-0.1, -0.05) is 18.2 Å². The first-order chi connectivity index (χ1) is 13.7. The Morgan fingerprint density at radius 2 is 1.76 bits per heavy atom. The molecule has 9 nitrogen and oxygen atoms in total. The lowest BCUT2D eigenvalue weighted by Crippen LogP contribution is -2.50. The molecule has 0 bridgehead atoms. The molecule has 1 aromatic carbocycles. The van der Waals surface area contributed by atoms with E-state index in [4.69, 9.17) is 5.73 Å². The molecule has 2 heterocycles. The van der Waals surface area contributed by atoms with Crippen LogP contribution in [-0.2, 0) is 26.6 Å². The molecule has 0 radical (unpaired) electrons. The Labute approximate surface area is 170 Å². The van der Waals surface area contributed by atoms with E-state index in [1.807, 2.05) is 0 Å². The van der Waals surface area contributed by atoms with E-state index in [0.29, 0.717) is 16.9 Å². The van der Waals surface area contributed by atoms with Crippen molar-refractivity contribution >= 4 is 31.5 Å². The van der Waals surface area contributed by atoms with Gasteiger partial charge in [-0.2, -0.15) is 12.7 Å². The number of aromatic nitrogens is 1. The van der Waals surface area contributed by atoms with Gasteiger partial charge in [0.15, 0.2) is 15.6 Å². The number of carbonyl (C=O) groups excluding carboxylic acids is 1. The minimum atomic E-state index is -3.98. The van der Waals surface area contributed by atoms with Crippen LogP contribution >= 0.6 is 0 Å². The minimum Gasteiger partial charge on any atom is -0.324 e. The normalized spacial score (nSPS) is 17.0. The van der Waals surface area contributed by atoms with Crippen LogP contribution in [0.4, 0.5) is 5.69 Å². The summed E-state index contributed by atoms with van der Waals surface area (Å²) in [6.07, 6.45) is 1.37. The van der Waals surface area contributed by atoms with Gasteiger partial charge in [-0.05, 0) is 24.3 Å². The fraction of sp³-hybridized carbons (Fsp3) is 0.333. The van der Waals surface area contributed by atoms with Gasteiger partial charge < -0.3 is 5.73 Å². The van der Waals surface area contributed by atoms with E-state index >= 15 is 0 Å². The quantitative estimate of drug-likeness (QED) is 0.611. The van der Waals surface area contributed by atoms with Crippen LogP contribution in [0.5, 0.6) is 0 Å². The molecule has 0 atom stereocenters. The first-order valence-corrected chi connectivity index (χ1v) is 12.2. The van der Waals surface area contributed by atoms with Gasteiger partial charge in [0, 0.05) is 24.8 Å². The number of para-hydroxylation sites is 1. The maximum Gasteiger partial charge on any atom is 0.304 e. The molecule has 0 unspecified atom stereocenters. The predicted octanol–water partition coefficient (Wildman–Crippen LogP) is 0.205. The Morgan fingerprint density at radius 1 is 1.10 bits per heavy atom. The van der Waals surface area contributed by atoms with E-state index in [9.17, 15) is 21.6 Å². The Kier molecular flexibility index (Phi) is 6.32. The van der Waals surface area contributed by atoms with Crippen molar-refractivity contribution in [3.63, 3.8) is 0 Å². The molecule has 2 aromatic rings. The molecular weight excluding hydrogens is 416 g/mol. The average Bonchev–Trinajstić information content (AvgIpc) is 2.72. The average molecular weight is 439 g/mol. The van der Waals surface area contributed by atoms with Crippen molar-refractivity contribution in [2.45, 2.75) is 6.54 Å². The molecular formula is C18H22N4O5S2. The second-order valence-corrected chi connectivity index (χ2v) is 10.7. The van der Waals surface area contributed by atoms with E-state index in [1.54, 1.807) is 42.5 Å². The third kappa shape index (κ3) is 4.99. The van der Waals surface area contributed by atoms with Gasteiger partial charge in [0.2, 0.25) is 0 Å². The van der Waals surface area contributed by atoms with E-state index in [-0.39, 0.29) is 43.5 Å². The Hall–Kier alpha value is -2.34. The number of Topliss-reactive ketones (excluding diaryl/α,β-unsaturated/α-hetero) is 1. The Balaban J connectivity index is 1.90. The molecule has 1 aliphatic heterocycles. The van der Waals surface area contributed by atoms with Gasteiger partial charge in [-0.25, -0.2) is 8.42 Å². The smallest absolute Gasteiger partial charge is 0.304 e. The van der Waals surface area contributed by atoms with Crippen LogP contribution in [0, 0.1) is 0 Å². The molecule has 0 aliphatic carbocycles. The number of anilines is 1. The summed E-state index contributed by atoms with van der Waals surface area (Å²) in [6.45, 7) is -0.382. The summed E-state index contributed by atoms with van der Waals surface area (Å²) in [7, 11) is -7.20. The number of rotatable bonds is 7. The van der Waals surface area contributed by atoms with Crippen LogP contribution in [0.25, 0.3) is 0 Å². The lowest BCUT2D eigenvalue weighted by molar-refractivity contribution is 0.100. The van der Waals surface area contributed by atoms with E-state index in [1.165, 1.54) is 14.8 Å². The summed E-state index contributed by atoms with van der Waals surface area (Å²) in [6, 6.07) is 11.7. The minimum absolute atomic E-state index is 0.0628. The Morgan fingerprint density at radius 3 is 2.31 bits per heavy atom. The molecule has 1 saturated heterocycles. The highest BCUT2D eigenvalue weighted by Gasteiger charge is 2.34. The van der Waals surface area contributed by atoms with Gasteiger partial charge in [0.05, 0.1) is 36.0 Å². The number of pyridine rings is 1. The number of hydrogen-bond acceptors (Lipinski definition) is 7. The second-order valence-electron chi connectivity index (χ2n) is 6.57. The lowest BCUT2D eigenvalue weighted by atomic mass is 10.2. The van der Waals surface area contributed by atoms with Crippen LogP contribution in [0.2, 0.25) is 0 Å². The van der Waals surface area contributed by atoms with Crippen molar-refractivity contribution < 1.29 is 21.6 Å². The van der Waals surface area contributed by atoms with Crippen molar-refractivity contribution in [1.82, 2.24) is 9.29 Å². The monoisotopic (exact) mass is 438 g/mol. The lowest BCUT2D eigenvalue weighted by Gasteiger charge is -2.33. The summed E-state index contributed by atoms with van der Waals surface area (Å²) in [4.78, 5) is 15.9. The molecule has 2 N–H and O–H groups in total. The standard InChI is InChI=1S/C18H22N4O5S2/c19-12-18(23)15-6-7-16(20-13-15)14-22(17-4-2-1-3-5-17)29(26,27)21-8-10-28(24,25)11-9-21/h1-7,13H,8-12,14,19H2. The van der Waals surface area contributed by atoms with Crippen LogP contribution in [0.3, 0.4) is 0 Å². The second kappa shape index (κ2) is 8.57. The molecule has 1 fully saturated rings. The molecule has 29 heavy (non-hydrogen) atoms. The van der Waals surface area contributed by atoms with Gasteiger partial charge in [-0.3, -0.25) is 14.1 Å². The fourth-order valence-electron chi connectivity index (χ4n) is 2.91. The molecule has 1 aliphatic rings. The Bertz CT molecular complexity index is 1060. The fourth-order valence-corrected chi connectivity index (χ4v) is 5.95. The highest BCUT2D eigenvalue weighted by atomic mass is 32.2. The molecule has 156 valence electrons. The van der Waals surface area contributed by atoms with Crippen molar-refractivity contribution in [3.05, 3.63) is 59.9 Å². The third-order valence-electron chi connectivity index (χ3n) is 4.59. The zero-order chi connectivity index (χ0) is 21.1. The molecule has 11 heteroatoms. The third-order valence-corrected chi connectivity index (χ3v) is 8.11. The van der Waals surface area contributed by atoms with E-state index < -0.39 is 20.0 Å². The number of sulfone groups is 1. The molecule has 0 saturated carbocycles. The first-order valence-electron chi connectivity index (χ1n) is 8.94. The number of benzene rings is 1. The highest BCUT2D eigenvalue weighted by molar-refractivity contribution is 7.92. The van der Waals surface area contributed by atoms with Gasteiger partial charge in [0.1, 0.15) is 0 Å². The summed E-state index contributed by atoms with van der Waals surface area (Å²) >= 11 is 0. The first kappa shape index (κ1) is 21.4. The van der Waals surface area contributed by atoms with Crippen LogP contribution in [0.1, 0.15) is 16.1 Å². The van der Waals surface area contributed by atoms with Crippen molar-refractivity contribution in [3.8, 4) is 0 Å². The summed E-state index contributed by atoms with van der Waals surface area (Å²) < 4.78 is 52.3. The maximum atomic E-state index is 13.3. The van der Waals surface area contributed by atoms with Gasteiger partial charge in [-0.15, -0.1) is 0 Å². The summed E-state index contributed by atoms with van der Waals surface area (Å²) in [5.74, 6) is -0.669.